The molecule has 3 nitrogen and oxygen atoms in total. The molecule has 0 radical (unpaired) electrons. The van der Waals surface area contributed by atoms with Crippen LogP contribution in [-0.2, 0) is 6.54 Å². The van der Waals surface area contributed by atoms with Crippen LogP contribution >= 0.6 is 0 Å². The molecular formula is C14H22N2O. The second kappa shape index (κ2) is 6.01. The first kappa shape index (κ1) is 12.4. The van der Waals surface area contributed by atoms with E-state index >= 15 is 0 Å². The smallest absolute Gasteiger partial charge is 0.218 e. The van der Waals surface area contributed by atoms with Crippen LogP contribution in [0.5, 0.6) is 5.88 Å². The lowest BCUT2D eigenvalue weighted by Crippen LogP contribution is -2.18. The Balaban J connectivity index is 2.09. The van der Waals surface area contributed by atoms with Crippen LogP contribution in [0.2, 0.25) is 0 Å². The van der Waals surface area contributed by atoms with Gasteiger partial charge in [-0.25, -0.2) is 4.98 Å². The average molecular weight is 234 g/mol. The Morgan fingerprint density at radius 1 is 1.29 bits per heavy atom. The van der Waals surface area contributed by atoms with Gasteiger partial charge in [-0.15, -0.1) is 0 Å². The van der Waals surface area contributed by atoms with Crippen LogP contribution in [0.3, 0.4) is 0 Å². The van der Waals surface area contributed by atoms with Gasteiger partial charge in [0.05, 0.1) is 0 Å². The summed E-state index contributed by atoms with van der Waals surface area (Å²) in [6.45, 7) is 2.56. The molecule has 17 heavy (non-hydrogen) atoms. The molecule has 0 atom stereocenters. The molecule has 2 rings (SSSR count). The number of aryl methyl sites for hydroxylation is 1. The summed E-state index contributed by atoms with van der Waals surface area (Å²) in [6.07, 6.45) is 9.66. The molecule has 0 unspecified atom stereocenters. The average Bonchev–Trinajstić information content (AvgIpc) is 2.58. The molecule has 1 saturated carbocycles. The molecule has 1 heterocycles. The lowest BCUT2D eigenvalue weighted by molar-refractivity contribution is 0.174. The second-order valence-electron chi connectivity index (χ2n) is 4.85. The van der Waals surface area contributed by atoms with Gasteiger partial charge in [-0.1, -0.05) is 12.8 Å². The van der Waals surface area contributed by atoms with E-state index in [2.05, 4.69) is 11.9 Å². The van der Waals surface area contributed by atoms with Gasteiger partial charge in [0.25, 0.3) is 0 Å². The summed E-state index contributed by atoms with van der Waals surface area (Å²) in [5.41, 5.74) is 7.99. The SMILES string of the molecule is Cc1ccnc(OC2CCCCCC2)c1CN. The molecule has 0 spiro atoms. The molecule has 1 aromatic rings. The number of ether oxygens (including phenoxy) is 1. The molecule has 0 saturated heterocycles. The van der Waals surface area contributed by atoms with E-state index in [9.17, 15) is 0 Å². The Kier molecular flexibility index (Phi) is 4.37. The maximum absolute atomic E-state index is 6.05. The van der Waals surface area contributed by atoms with Crippen molar-refractivity contribution in [2.45, 2.75) is 58.1 Å². The molecule has 0 aliphatic heterocycles. The highest BCUT2D eigenvalue weighted by Crippen LogP contribution is 2.25. The molecule has 0 amide bonds. The summed E-state index contributed by atoms with van der Waals surface area (Å²) in [4.78, 5) is 4.33. The Bertz CT molecular complexity index is 357. The minimum Gasteiger partial charge on any atom is -0.474 e. The van der Waals surface area contributed by atoms with E-state index in [4.69, 9.17) is 10.5 Å². The summed E-state index contributed by atoms with van der Waals surface area (Å²) in [7, 11) is 0. The number of aromatic nitrogens is 1. The Morgan fingerprint density at radius 2 is 2.00 bits per heavy atom. The van der Waals surface area contributed by atoms with Crippen molar-refractivity contribution in [1.82, 2.24) is 4.98 Å². The van der Waals surface area contributed by atoms with E-state index in [1.807, 2.05) is 6.07 Å². The summed E-state index contributed by atoms with van der Waals surface area (Å²) in [5.74, 6) is 0.749. The fourth-order valence-electron chi connectivity index (χ4n) is 2.43. The monoisotopic (exact) mass is 234 g/mol. The van der Waals surface area contributed by atoms with Crippen LogP contribution in [0, 0.1) is 6.92 Å². The van der Waals surface area contributed by atoms with Gasteiger partial charge in [-0.2, -0.15) is 0 Å². The van der Waals surface area contributed by atoms with Crippen molar-refractivity contribution in [3.05, 3.63) is 23.4 Å². The zero-order chi connectivity index (χ0) is 12.1. The van der Waals surface area contributed by atoms with Crippen molar-refractivity contribution in [3.8, 4) is 5.88 Å². The summed E-state index contributed by atoms with van der Waals surface area (Å²) in [6, 6.07) is 1.99. The van der Waals surface area contributed by atoms with Crippen molar-refractivity contribution in [1.29, 1.82) is 0 Å². The second-order valence-corrected chi connectivity index (χ2v) is 4.85. The molecule has 0 aromatic carbocycles. The third kappa shape index (κ3) is 3.19. The van der Waals surface area contributed by atoms with Crippen molar-refractivity contribution in [2.24, 2.45) is 5.73 Å². The molecule has 1 aromatic heterocycles. The highest BCUT2D eigenvalue weighted by atomic mass is 16.5. The lowest BCUT2D eigenvalue weighted by atomic mass is 10.1. The quantitative estimate of drug-likeness (QED) is 0.818. The van der Waals surface area contributed by atoms with E-state index < -0.39 is 0 Å². The first-order chi connectivity index (χ1) is 8.31. The largest absolute Gasteiger partial charge is 0.474 e. The van der Waals surface area contributed by atoms with Crippen LogP contribution in [-0.4, -0.2) is 11.1 Å². The number of rotatable bonds is 3. The third-order valence-electron chi connectivity index (χ3n) is 3.54. The van der Waals surface area contributed by atoms with Gasteiger partial charge in [0.15, 0.2) is 0 Å². The fourth-order valence-corrected chi connectivity index (χ4v) is 2.43. The standard InChI is InChI=1S/C14H22N2O/c1-11-8-9-16-14(13(11)10-15)17-12-6-4-2-3-5-7-12/h8-9,12H,2-7,10,15H2,1H3. The highest BCUT2D eigenvalue weighted by molar-refractivity contribution is 5.33. The van der Waals surface area contributed by atoms with E-state index in [0.29, 0.717) is 12.6 Å². The minimum atomic E-state index is 0.331. The van der Waals surface area contributed by atoms with Crippen molar-refractivity contribution in [2.75, 3.05) is 0 Å². The topological polar surface area (TPSA) is 48.1 Å². The molecule has 94 valence electrons. The third-order valence-corrected chi connectivity index (χ3v) is 3.54. The predicted molar refractivity (Wildman–Crippen MR) is 69.0 cm³/mol. The number of nitrogens with two attached hydrogens (primary N) is 1. The normalized spacial score (nSPS) is 17.8. The van der Waals surface area contributed by atoms with E-state index in [1.165, 1.54) is 31.2 Å². The molecule has 0 bridgehead atoms. The number of hydrogen-bond acceptors (Lipinski definition) is 3. The number of hydrogen-bond donors (Lipinski definition) is 1. The molecule has 2 N–H and O–H groups in total. The highest BCUT2D eigenvalue weighted by Gasteiger charge is 2.16. The Hall–Kier alpha value is -1.09. The molecule has 1 aliphatic rings. The zero-order valence-electron chi connectivity index (χ0n) is 10.6. The molecule has 1 fully saturated rings. The first-order valence-electron chi connectivity index (χ1n) is 6.62. The predicted octanol–water partition coefficient (Wildman–Crippen LogP) is 2.95. The maximum Gasteiger partial charge on any atom is 0.218 e. The molecule has 1 aliphatic carbocycles. The van der Waals surface area contributed by atoms with Gasteiger partial charge in [0, 0.05) is 18.3 Å². The van der Waals surface area contributed by atoms with E-state index in [1.54, 1.807) is 6.20 Å². The van der Waals surface area contributed by atoms with Crippen molar-refractivity contribution in [3.63, 3.8) is 0 Å². The zero-order valence-corrected chi connectivity index (χ0v) is 10.6. The lowest BCUT2D eigenvalue weighted by Gasteiger charge is -2.18. The summed E-state index contributed by atoms with van der Waals surface area (Å²) < 4.78 is 6.05. The van der Waals surface area contributed by atoms with Gasteiger partial charge in [-0.3, -0.25) is 0 Å². The molecular weight excluding hydrogens is 212 g/mol. The number of nitrogens with zero attached hydrogens (tertiary/aromatic N) is 1. The van der Waals surface area contributed by atoms with E-state index in [-0.39, 0.29) is 0 Å². The van der Waals surface area contributed by atoms with Gasteiger partial charge in [-0.05, 0) is 44.2 Å². The van der Waals surface area contributed by atoms with Crippen LogP contribution in [0.1, 0.15) is 49.7 Å². The Labute approximate surface area is 103 Å². The van der Waals surface area contributed by atoms with Gasteiger partial charge in [0.1, 0.15) is 6.10 Å². The van der Waals surface area contributed by atoms with Gasteiger partial charge >= 0.3 is 0 Å². The van der Waals surface area contributed by atoms with Crippen LogP contribution < -0.4 is 10.5 Å². The minimum absolute atomic E-state index is 0.331. The van der Waals surface area contributed by atoms with Crippen LogP contribution in [0.25, 0.3) is 0 Å². The van der Waals surface area contributed by atoms with Crippen molar-refractivity contribution < 1.29 is 4.74 Å². The fraction of sp³-hybridized carbons (Fsp3) is 0.643. The van der Waals surface area contributed by atoms with Gasteiger partial charge < -0.3 is 10.5 Å². The van der Waals surface area contributed by atoms with Gasteiger partial charge in [0.2, 0.25) is 5.88 Å². The summed E-state index contributed by atoms with van der Waals surface area (Å²) in [5, 5.41) is 0. The molecule has 3 heteroatoms. The summed E-state index contributed by atoms with van der Waals surface area (Å²) >= 11 is 0. The number of pyridine rings is 1. The maximum atomic E-state index is 6.05. The van der Waals surface area contributed by atoms with Crippen molar-refractivity contribution >= 4 is 0 Å². The van der Waals surface area contributed by atoms with E-state index in [0.717, 1.165) is 24.3 Å². The first-order valence-corrected chi connectivity index (χ1v) is 6.62. The van der Waals surface area contributed by atoms with Crippen LogP contribution in [0.4, 0.5) is 0 Å². The van der Waals surface area contributed by atoms with Crippen LogP contribution in [0.15, 0.2) is 12.3 Å². The Morgan fingerprint density at radius 3 is 2.65 bits per heavy atom.